The Balaban J connectivity index is 0.00000108. The van der Waals surface area contributed by atoms with E-state index in [4.69, 9.17) is 11.6 Å². The second-order valence-corrected chi connectivity index (χ2v) is 5.07. The molecule has 0 spiro atoms. The van der Waals surface area contributed by atoms with Crippen molar-refractivity contribution in [2.45, 2.75) is 25.4 Å². The zero-order valence-corrected chi connectivity index (χ0v) is 11.1. The Hall–Kier alpha value is -0.510. The quantitative estimate of drug-likeness (QED) is 0.784. The summed E-state index contributed by atoms with van der Waals surface area (Å²) >= 11 is 5.85. The first-order valence-electron chi connectivity index (χ1n) is 5.64. The molecule has 0 bridgehead atoms. The molecule has 2 unspecified atom stereocenters. The Morgan fingerprint density at radius 3 is 2.94 bits per heavy atom. The van der Waals surface area contributed by atoms with Crippen molar-refractivity contribution in [1.82, 2.24) is 5.32 Å². The standard InChI is InChI=1S/C12H14ClFN2.ClH/c1-7-5-15-6-9-2-8-3-11(14)10(13)4-12(8)16(7)9;/h3-4,7,9,15H,2,5-6H2,1H3;1H. The number of piperazine rings is 1. The molecule has 0 saturated carbocycles. The number of nitrogens with zero attached hydrogens (tertiary/aromatic N) is 1. The van der Waals surface area contributed by atoms with Gasteiger partial charge in [-0.25, -0.2) is 4.39 Å². The Labute approximate surface area is 112 Å². The summed E-state index contributed by atoms with van der Waals surface area (Å²) in [4.78, 5) is 2.37. The van der Waals surface area contributed by atoms with E-state index in [1.807, 2.05) is 0 Å². The number of fused-ring (bicyclic) bond motifs is 3. The van der Waals surface area contributed by atoms with Gasteiger partial charge in [0.2, 0.25) is 0 Å². The van der Waals surface area contributed by atoms with Crippen LogP contribution in [0.4, 0.5) is 10.1 Å². The van der Waals surface area contributed by atoms with E-state index in [0.29, 0.717) is 12.1 Å². The normalized spacial score (nSPS) is 26.2. The van der Waals surface area contributed by atoms with Crippen LogP contribution in [0.1, 0.15) is 12.5 Å². The Morgan fingerprint density at radius 1 is 1.41 bits per heavy atom. The molecular weight excluding hydrogens is 262 g/mol. The largest absolute Gasteiger partial charge is 0.363 e. The summed E-state index contributed by atoms with van der Waals surface area (Å²) < 4.78 is 13.4. The molecule has 2 nitrogen and oxygen atoms in total. The predicted octanol–water partition coefficient (Wildman–Crippen LogP) is 2.62. The van der Waals surface area contributed by atoms with Gasteiger partial charge in [-0.05, 0) is 31.0 Å². The van der Waals surface area contributed by atoms with Crippen LogP contribution in [0.2, 0.25) is 5.02 Å². The van der Waals surface area contributed by atoms with Gasteiger partial charge in [0.05, 0.1) is 5.02 Å². The zero-order chi connectivity index (χ0) is 11.3. The fourth-order valence-electron chi connectivity index (χ4n) is 2.86. The molecule has 0 amide bonds. The number of benzene rings is 1. The summed E-state index contributed by atoms with van der Waals surface area (Å²) in [5.41, 5.74) is 2.20. The highest BCUT2D eigenvalue weighted by atomic mass is 35.5. The average Bonchev–Trinajstić information content (AvgIpc) is 2.58. The first-order valence-corrected chi connectivity index (χ1v) is 6.01. The number of anilines is 1. The molecule has 1 fully saturated rings. The molecule has 5 heteroatoms. The highest BCUT2D eigenvalue weighted by Crippen LogP contribution is 2.37. The molecule has 17 heavy (non-hydrogen) atoms. The summed E-state index contributed by atoms with van der Waals surface area (Å²) in [6.45, 7) is 4.13. The molecule has 3 rings (SSSR count). The molecule has 1 aromatic rings. The second-order valence-electron chi connectivity index (χ2n) is 4.67. The molecule has 0 aromatic heterocycles. The molecule has 0 aliphatic carbocycles. The van der Waals surface area contributed by atoms with Crippen LogP contribution in [0.25, 0.3) is 0 Å². The van der Waals surface area contributed by atoms with Gasteiger partial charge in [-0.1, -0.05) is 11.6 Å². The summed E-state index contributed by atoms with van der Waals surface area (Å²) in [5, 5.41) is 3.63. The van der Waals surface area contributed by atoms with Gasteiger partial charge < -0.3 is 10.2 Å². The fourth-order valence-corrected chi connectivity index (χ4v) is 3.01. The third-order valence-corrected chi connectivity index (χ3v) is 3.83. The van der Waals surface area contributed by atoms with E-state index in [-0.39, 0.29) is 23.2 Å². The molecule has 0 radical (unpaired) electrons. The Morgan fingerprint density at radius 2 is 2.18 bits per heavy atom. The van der Waals surface area contributed by atoms with Crippen LogP contribution in [0.15, 0.2) is 12.1 Å². The van der Waals surface area contributed by atoms with Crippen LogP contribution in [-0.4, -0.2) is 25.2 Å². The minimum atomic E-state index is -0.305. The van der Waals surface area contributed by atoms with Crippen molar-refractivity contribution >= 4 is 29.7 Å². The summed E-state index contributed by atoms with van der Waals surface area (Å²) in [6, 6.07) is 4.26. The number of hydrogen-bond acceptors (Lipinski definition) is 2. The van der Waals surface area contributed by atoms with Crippen molar-refractivity contribution < 1.29 is 4.39 Å². The lowest BCUT2D eigenvalue weighted by molar-refractivity contribution is 0.430. The van der Waals surface area contributed by atoms with Gasteiger partial charge in [0.25, 0.3) is 0 Å². The van der Waals surface area contributed by atoms with Crippen molar-refractivity contribution in [2.75, 3.05) is 18.0 Å². The van der Waals surface area contributed by atoms with E-state index in [0.717, 1.165) is 30.8 Å². The van der Waals surface area contributed by atoms with Gasteiger partial charge in [-0.3, -0.25) is 0 Å². The highest BCUT2D eigenvalue weighted by Gasteiger charge is 2.35. The molecule has 2 atom stereocenters. The van der Waals surface area contributed by atoms with Crippen LogP contribution in [0.5, 0.6) is 0 Å². The van der Waals surface area contributed by atoms with Crippen molar-refractivity contribution in [3.8, 4) is 0 Å². The second kappa shape index (κ2) is 4.63. The van der Waals surface area contributed by atoms with Crippen molar-refractivity contribution in [1.29, 1.82) is 0 Å². The van der Waals surface area contributed by atoms with Gasteiger partial charge in [0, 0.05) is 30.9 Å². The Bertz CT molecular complexity index is 439. The number of nitrogens with one attached hydrogen (secondary N) is 1. The monoisotopic (exact) mass is 276 g/mol. The minimum Gasteiger partial charge on any atom is -0.363 e. The molecule has 1 N–H and O–H groups in total. The maximum atomic E-state index is 13.4. The van der Waals surface area contributed by atoms with Gasteiger partial charge in [-0.15, -0.1) is 12.4 Å². The number of hydrogen-bond donors (Lipinski definition) is 1. The van der Waals surface area contributed by atoms with Gasteiger partial charge in [0.1, 0.15) is 5.82 Å². The smallest absolute Gasteiger partial charge is 0.142 e. The van der Waals surface area contributed by atoms with E-state index in [9.17, 15) is 4.39 Å². The van der Waals surface area contributed by atoms with Gasteiger partial charge >= 0.3 is 0 Å². The van der Waals surface area contributed by atoms with Crippen LogP contribution in [-0.2, 0) is 6.42 Å². The van der Waals surface area contributed by atoms with E-state index in [1.54, 1.807) is 12.1 Å². The lowest BCUT2D eigenvalue weighted by Gasteiger charge is -2.38. The molecule has 1 aromatic carbocycles. The molecule has 2 heterocycles. The van der Waals surface area contributed by atoms with Gasteiger partial charge in [-0.2, -0.15) is 0 Å². The molecular formula is C12H15Cl2FN2. The SMILES string of the molecule is CC1CNCC2Cc3cc(F)c(Cl)cc3N12.Cl. The molecule has 2 aliphatic rings. The van der Waals surface area contributed by atoms with E-state index in [2.05, 4.69) is 17.1 Å². The minimum absolute atomic E-state index is 0. The zero-order valence-electron chi connectivity index (χ0n) is 9.54. The number of rotatable bonds is 0. The van der Waals surface area contributed by atoms with Gasteiger partial charge in [0.15, 0.2) is 0 Å². The van der Waals surface area contributed by atoms with Crippen molar-refractivity contribution in [2.24, 2.45) is 0 Å². The van der Waals surface area contributed by atoms with Crippen LogP contribution >= 0.6 is 24.0 Å². The van der Waals surface area contributed by atoms with Crippen molar-refractivity contribution in [3.63, 3.8) is 0 Å². The average molecular weight is 277 g/mol. The number of halogens is 3. The highest BCUT2D eigenvalue weighted by molar-refractivity contribution is 6.31. The topological polar surface area (TPSA) is 15.3 Å². The lowest BCUT2D eigenvalue weighted by atomic mass is 10.1. The maximum absolute atomic E-state index is 13.4. The van der Waals surface area contributed by atoms with E-state index < -0.39 is 0 Å². The Kier molecular flexibility index (Phi) is 3.53. The van der Waals surface area contributed by atoms with E-state index >= 15 is 0 Å². The molecule has 94 valence electrons. The maximum Gasteiger partial charge on any atom is 0.142 e. The lowest BCUT2D eigenvalue weighted by Crippen LogP contribution is -2.54. The first-order chi connectivity index (χ1) is 7.66. The van der Waals surface area contributed by atoms with Crippen LogP contribution in [0, 0.1) is 5.82 Å². The fraction of sp³-hybridized carbons (Fsp3) is 0.500. The van der Waals surface area contributed by atoms with Crippen LogP contribution in [0.3, 0.4) is 0 Å². The molecule has 1 saturated heterocycles. The first kappa shape index (κ1) is 12.9. The summed E-state index contributed by atoms with van der Waals surface area (Å²) in [5.74, 6) is -0.305. The van der Waals surface area contributed by atoms with Crippen molar-refractivity contribution in [3.05, 3.63) is 28.5 Å². The third-order valence-electron chi connectivity index (χ3n) is 3.54. The summed E-state index contributed by atoms with van der Waals surface area (Å²) in [7, 11) is 0. The van der Waals surface area contributed by atoms with E-state index in [1.165, 1.54) is 0 Å². The third kappa shape index (κ3) is 2.01. The summed E-state index contributed by atoms with van der Waals surface area (Å²) in [6.07, 6.45) is 0.917. The predicted molar refractivity (Wildman–Crippen MR) is 71.0 cm³/mol. The van der Waals surface area contributed by atoms with Crippen LogP contribution < -0.4 is 10.2 Å². The molecule has 2 aliphatic heterocycles.